The number of carbonyl (C=O) groups is 1. The highest BCUT2D eigenvalue weighted by Crippen LogP contribution is 2.34. The standard InChI is InChI=1S/C19H22FN3O3/c20-16-4-1-3-15(11-16)18(24)22-9-10-25-14-19(13-22)6-5-17(26-19)12-23-8-2-7-21-23/h1-4,7-8,11,17H,5-6,9-10,12-14H2/t17-,19-/m0/s1. The van der Waals surface area contributed by atoms with Gasteiger partial charge in [-0.25, -0.2) is 4.39 Å². The van der Waals surface area contributed by atoms with E-state index in [4.69, 9.17) is 9.47 Å². The molecule has 1 aromatic heterocycles. The highest BCUT2D eigenvalue weighted by molar-refractivity contribution is 5.94. The molecule has 4 rings (SSSR count). The molecule has 2 saturated heterocycles. The van der Waals surface area contributed by atoms with Crippen LogP contribution in [0.3, 0.4) is 0 Å². The van der Waals surface area contributed by atoms with Gasteiger partial charge in [0, 0.05) is 24.5 Å². The summed E-state index contributed by atoms with van der Waals surface area (Å²) >= 11 is 0. The van der Waals surface area contributed by atoms with Crippen LogP contribution in [0.15, 0.2) is 42.7 Å². The van der Waals surface area contributed by atoms with Crippen LogP contribution in [0.5, 0.6) is 0 Å². The highest BCUT2D eigenvalue weighted by atomic mass is 19.1. The van der Waals surface area contributed by atoms with Crippen molar-refractivity contribution in [2.75, 3.05) is 26.3 Å². The molecule has 7 heteroatoms. The van der Waals surface area contributed by atoms with Crippen LogP contribution in [0.1, 0.15) is 23.2 Å². The monoisotopic (exact) mass is 359 g/mol. The first kappa shape index (κ1) is 17.2. The molecule has 2 aromatic rings. The number of amides is 1. The van der Waals surface area contributed by atoms with Crippen LogP contribution in [0, 0.1) is 5.82 Å². The average Bonchev–Trinajstić information content (AvgIpc) is 3.22. The van der Waals surface area contributed by atoms with E-state index >= 15 is 0 Å². The maximum absolute atomic E-state index is 13.5. The molecule has 138 valence electrons. The SMILES string of the molecule is O=C(c1cccc(F)c1)N1CCOC[C@]2(CC[C@@H](Cn3cccn3)O2)C1. The van der Waals surface area contributed by atoms with Crippen molar-refractivity contribution in [2.24, 2.45) is 0 Å². The number of hydrogen-bond acceptors (Lipinski definition) is 4. The van der Waals surface area contributed by atoms with Crippen LogP contribution < -0.4 is 0 Å². The molecule has 0 unspecified atom stereocenters. The molecule has 2 fully saturated rings. The number of benzene rings is 1. The van der Waals surface area contributed by atoms with Gasteiger partial charge in [0.05, 0.1) is 32.4 Å². The van der Waals surface area contributed by atoms with E-state index in [9.17, 15) is 9.18 Å². The summed E-state index contributed by atoms with van der Waals surface area (Å²) in [6, 6.07) is 7.69. The van der Waals surface area contributed by atoms with Gasteiger partial charge in [0.2, 0.25) is 0 Å². The van der Waals surface area contributed by atoms with Crippen LogP contribution in [0.4, 0.5) is 4.39 Å². The van der Waals surface area contributed by atoms with Crippen LogP contribution in [-0.4, -0.2) is 58.6 Å². The van der Waals surface area contributed by atoms with Crippen LogP contribution in [-0.2, 0) is 16.0 Å². The fourth-order valence-corrected chi connectivity index (χ4v) is 3.75. The Morgan fingerprint density at radius 2 is 2.31 bits per heavy atom. The van der Waals surface area contributed by atoms with E-state index in [1.807, 2.05) is 16.9 Å². The molecular formula is C19H22FN3O3. The maximum Gasteiger partial charge on any atom is 0.254 e. The van der Waals surface area contributed by atoms with Gasteiger partial charge < -0.3 is 14.4 Å². The first-order chi connectivity index (χ1) is 12.6. The van der Waals surface area contributed by atoms with Crippen molar-refractivity contribution in [2.45, 2.75) is 31.1 Å². The molecule has 26 heavy (non-hydrogen) atoms. The molecule has 1 amide bonds. The Morgan fingerprint density at radius 3 is 3.12 bits per heavy atom. The Labute approximate surface area is 151 Å². The van der Waals surface area contributed by atoms with E-state index in [1.165, 1.54) is 12.1 Å². The van der Waals surface area contributed by atoms with E-state index < -0.39 is 11.4 Å². The van der Waals surface area contributed by atoms with Gasteiger partial charge in [0.1, 0.15) is 11.4 Å². The molecule has 2 aliphatic heterocycles. The fraction of sp³-hybridized carbons (Fsp3) is 0.474. The third-order valence-corrected chi connectivity index (χ3v) is 5.00. The lowest BCUT2D eigenvalue weighted by Gasteiger charge is -2.32. The third kappa shape index (κ3) is 3.64. The van der Waals surface area contributed by atoms with Gasteiger partial charge >= 0.3 is 0 Å². The molecule has 6 nitrogen and oxygen atoms in total. The van der Waals surface area contributed by atoms with E-state index in [2.05, 4.69) is 5.10 Å². The summed E-state index contributed by atoms with van der Waals surface area (Å²) in [5.74, 6) is -0.596. The minimum Gasteiger partial charge on any atom is -0.377 e. The molecule has 1 spiro atoms. The van der Waals surface area contributed by atoms with Crippen LogP contribution >= 0.6 is 0 Å². The lowest BCUT2D eigenvalue weighted by atomic mass is 9.99. The molecule has 0 aliphatic carbocycles. The molecular weight excluding hydrogens is 337 g/mol. The van der Waals surface area contributed by atoms with Gasteiger partial charge in [-0.2, -0.15) is 5.10 Å². The topological polar surface area (TPSA) is 56.6 Å². The minimum atomic E-state index is -0.503. The Morgan fingerprint density at radius 1 is 1.38 bits per heavy atom. The Hall–Kier alpha value is -2.25. The fourth-order valence-electron chi connectivity index (χ4n) is 3.75. The van der Waals surface area contributed by atoms with Crippen molar-refractivity contribution < 1.29 is 18.7 Å². The first-order valence-corrected chi connectivity index (χ1v) is 8.91. The largest absolute Gasteiger partial charge is 0.377 e. The Balaban J connectivity index is 1.46. The number of ether oxygens (including phenoxy) is 2. The first-order valence-electron chi connectivity index (χ1n) is 8.91. The van der Waals surface area contributed by atoms with Crippen molar-refractivity contribution in [3.05, 3.63) is 54.1 Å². The number of aromatic nitrogens is 2. The number of halogens is 1. The molecule has 0 saturated carbocycles. The van der Waals surface area contributed by atoms with Gasteiger partial charge in [-0.15, -0.1) is 0 Å². The van der Waals surface area contributed by atoms with Gasteiger partial charge in [0.25, 0.3) is 5.91 Å². The van der Waals surface area contributed by atoms with E-state index in [0.29, 0.717) is 38.4 Å². The van der Waals surface area contributed by atoms with Crippen molar-refractivity contribution >= 4 is 5.91 Å². The molecule has 3 heterocycles. The predicted octanol–water partition coefficient (Wildman–Crippen LogP) is 2.11. The van der Waals surface area contributed by atoms with Gasteiger partial charge in [0.15, 0.2) is 0 Å². The van der Waals surface area contributed by atoms with Gasteiger partial charge in [-0.05, 0) is 37.1 Å². The summed E-state index contributed by atoms with van der Waals surface area (Å²) in [4.78, 5) is 14.5. The van der Waals surface area contributed by atoms with E-state index in [1.54, 1.807) is 23.2 Å². The van der Waals surface area contributed by atoms with E-state index in [-0.39, 0.29) is 12.0 Å². The predicted molar refractivity (Wildman–Crippen MR) is 92.2 cm³/mol. The molecule has 0 radical (unpaired) electrons. The summed E-state index contributed by atoms with van der Waals surface area (Å²) in [5.41, 5.74) is -0.148. The van der Waals surface area contributed by atoms with Crippen molar-refractivity contribution in [1.29, 1.82) is 0 Å². The summed E-state index contributed by atoms with van der Waals surface area (Å²) in [6.07, 6.45) is 5.43. The zero-order chi connectivity index (χ0) is 18.0. The van der Waals surface area contributed by atoms with E-state index in [0.717, 1.165) is 12.8 Å². The van der Waals surface area contributed by atoms with Crippen molar-refractivity contribution in [3.63, 3.8) is 0 Å². The Kier molecular flexibility index (Phi) is 4.74. The Bertz CT molecular complexity index is 767. The highest BCUT2D eigenvalue weighted by Gasteiger charge is 2.44. The lowest BCUT2D eigenvalue weighted by Crippen LogP contribution is -2.46. The lowest BCUT2D eigenvalue weighted by molar-refractivity contribution is -0.0881. The number of carbonyl (C=O) groups excluding carboxylic acids is 1. The summed E-state index contributed by atoms with van der Waals surface area (Å²) < 4.78 is 27.4. The van der Waals surface area contributed by atoms with Crippen molar-refractivity contribution in [3.8, 4) is 0 Å². The second kappa shape index (κ2) is 7.17. The summed E-state index contributed by atoms with van der Waals surface area (Å²) in [5, 5.41) is 4.23. The molecule has 2 atom stereocenters. The zero-order valence-corrected chi connectivity index (χ0v) is 14.5. The summed E-state index contributed by atoms with van der Waals surface area (Å²) in [7, 11) is 0. The van der Waals surface area contributed by atoms with Crippen molar-refractivity contribution in [1.82, 2.24) is 14.7 Å². The minimum absolute atomic E-state index is 0.0442. The second-order valence-electron chi connectivity index (χ2n) is 6.98. The number of rotatable bonds is 3. The zero-order valence-electron chi connectivity index (χ0n) is 14.5. The van der Waals surface area contributed by atoms with Crippen LogP contribution in [0.25, 0.3) is 0 Å². The maximum atomic E-state index is 13.5. The van der Waals surface area contributed by atoms with Gasteiger partial charge in [-0.1, -0.05) is 6.07 Å². The van der Waals surface area contributed by atoms with Crippen LogP contribution in [0.2, 0.25) is 0 Å². The molecule has 2 aliphatic rings. The average molecular weight is 359 g/mol. The second-order valence-corrected chi connectivity index (χ2v) is 6.98. The summed E-state index contributed by atoms with van der Waals surface area (Å²) in [6.45, 7) is 2.54. The normalized spacial score (nSPS) is 26.2. The smallest absolute Gasteiger partial charge is 0.254 e. The molecule has 1 aromatic carbocycles. The molecule has 0 bridgehead atoms. The quantitative estimate of drug-likeness (QED) is 0.842. The molecule has 0 N–H and O–H groups in total. The number of hydrogen-bond donors (Lipinski definition) is 0. The third-order valence-electron chi connectivity index (χ3n) is 5.00. The van der Waals surface area contributed by atoms with Gasteiger partial charge in [-0.3, -0.25) is 9.48 Å². The number of nitrogens with zero attached hydrogens (tertiary/aromatic N) is 3.